The second-order valence-electron chi connectivity index (χ2n) is 4.98. The molecule has 1 aliphatic heterocycles. The van der Waals surface area contributed by atoms with E-state index in [0.29, 0.717) is 6.54 Å². The molecule has 2 aromatic rings. The molecule has 1 aromatic carbocycles. The predicted molar refractivity (Wildman–Crippen MR) is 90.0 cm³/mol. The van der Waals surface area contributed by atoms with Crippen molar-refractivity contribution in [3.63, 3.8) is 0 Å². The molecule has 3 rings (SSSR count). The van der Waals surface area contributed by atoms with Gasteiger partial charge in [-0.3, -0.25) is 4.90 Å². The minimum Gasteiger partial charge on any atom is -0.346 e. The van der Waals surface area contributed by atoms with Gasteiger partial charge in [0.25, 0.3) is 0 Å². The van der Waals surface area contributed by atoms with Crippen molar-refractivity contribution in [3.8, 4) is 11.3 Å². The number of thiazole rings is 1. The SMILES string of the molecule is O=CCN1CCN(c2nc(-c3ccc(Br)cc3)cs2)CC1. The summed E-state index contributed by atoms with van der Waals surface area (Å²) in [6.07, 6.45) is 0.977. The first-order valence-electron chi connectivity index (χ1n) is 6.88. The third-order valence-corrected chi connectivity index (χ3v) is 5.04. The Balaban J connectivity index is 1.68. The van der Waals surface area contributed by atoms with E-state index >= 15 is 0 Å². The van der Waals surface area contributed by atoms with Gasteiger partial charge < -0.3 is 9.69 Å². The number of hydrogen-bond donors (Lipinski definition) is 0. The van der Waals surface area contributed by atoms with Crippen LogP contribution in [0.5, 0.6) is 0 Å². The summed E-state index contributed by atoms with van der Waals surface area (Å²) in [6.45, 7) is 4.25. The molecule has 0 aliphatic carbocycles. The molecule has 0 N–H and O–H groups in total. The van der Waals surface area contributed by atoms with Gasteiger partial charge in [0.1, 0.15) is 6.29 Å². The van der Waals surface area contributed by atoms with Crippen molar-refractivity contribution in [1.82, 2.24) is 9.88 Å². The zero-order valence-electron chi connectivity index (χ0n) is 11.5. The lowest BCUT2D eigenvalue weighted by molar-refractivity contribution is -0.108. The molecule has 1 aliphatic rings. The topological polar surface area (TPSA) is 36.4 Å². The summed E-state index contributed by atoms with van der Waals surface area (Å²) in [6, 6.07) is 8.22. The lowest BCUT2D eigenvalue weighted by Crippen LogP contribution is -2.46. The van der Waals surface area contributed by atoms with Gasteiger partial charge in [0.05, 0.1) is 12.2 Å². The van der Waals surface area contributed by atoms with Crippen LogP contribution in [0.4, 0.5) is 5.13 Å². The van der Waals surface area contributed by atoms with Crippen molar-refractivity contribution in [2.75, 3.05) is 37.6 Å². The number of nitrogens with zero attached hydrogens (tertiary/aromatic N) is 3. The number of aldehydes is 1. The fourth-order valence-corrected chi connectivity index (χ4v) is 3.54. The number of rotatable bonds is 4. The van der Waals surface area contributed by atoms with Gasteiger partial charge in [-0.2, -0.15) is 0 Å². The molecular formula is C15H16BrN3OS. The van der Waals surface area contributed by atoms with E-state index < -0.39 is 0 Å². The van der Waals surface area contributed by atoms with Gasteiger partial charge in [0.2, 0.25) is 0 Å². The van der Waals surface area contributed by atoms with Gasteiger partial charge >= 0.3 is 0 Å². The summed E-state index contributed by atoms with van der Waals surface area (Å²) in [5.41, 5.74) is 2.16. The van der Waals surface area contributed by atoms with Crippen LogP contribution in [0.15, 0.2) is 34.1 Å². The highest BCUT2D eigenvalue weighted by Gasteiger charge is 2.19. The largest absolute Gasteiger partial charge is 0.346 e. The zero-order chi connectivity index (χ0) is 14.7. The van der Waals surface area contributed by atoms with E-state index in [0.717, 1.165) is 53.3 Å². The molecule has 4 nitrogen and oxygen atoms in total. The van der Waals surface area contributed by atoms with Crippen LogP contribution in [0.1, 0.15) is 0 Å². The summed E-state index contributed by atoms with van der Waals surface area (Å²) in [5, 5.41) is 3.18. The van der Waals surface area contributed by atoms with Crippen LogP contribution in [-0.2, 0) is 4.79 Å². The molecule has 6 heteroatoms. The maximum atomic E-state index is 10.5. The van der Waals surface area contributed by atoms with Crippen LogP contribution < -0.4 is 4.90 Å². The second-order valence-corrected chi connectivity index (χ2v) is 6.73. The maximum Gasteiger partial charge on any atom is 0.185 e. The number of hydrogen-bond acceptors (Lipinski definition) is 5. The quantitative estimate of drug-likeness (QED) is 0.780. The van der Waals surface area contributed by atoms with Crippen molar-refractivity contribution >= 4 is 38.7 Å². The molecule has 110 valence electrons. The molecular weight excluding hydrogens is 350 g/mol. The Morgan fingerprint density at radius 2 is 1.90 bits per heavy atom. The van der Waals surface area contributed by atoms with E-state index in [1.807, 2.05) is 12.1 Å². The number of aromatic nitrogens is 1. The Morgan fingerprint density at radius 3 is 2.57 bits per heavy atom. The van der Waals surface area contributed by atoms with E-state index in [1.54, 1.807) is 11.3 Å². The standard InChI is InChI=1S/C15H16BrN3OS/c16-13-3-1-12(2-4-13)14-11-21-15(17-14)19-7-5-18(6-8-19)9-10-20/h1-4,10-11H,5-9H2. The summed E-state index contributed by atoms with van der Waals surface area (Å²) < 4.78 is 1.08. The molecule has 21 heavy (non-hydrogen) atoms. The lowest BCUT2D eigenvalue weighted by atomic mass is 10.2. The molecule has 2 heterocycles. The van der Waals surface area contributed by atoms with Crippen LogP contribution in [0.3, 0.4) is 0 Å². The van der Waals surface area contributed by atoms with Gasteiger partial charge in [0.15, 0.2) is 5.13 Å². The molecule has 0 atom stereocenters. The number of anilines is 1. The molecule has 1 saturated heterocycles. The fraction of sp³-hybridized carbons (Fsp3) is 0.333. The Morgan fingerprint density at radius 1 is 1.19 bits per heavy atom. The van der Waals surface area contributed by atoms with Gasteiger partial charge in [-0.25, -0.2) is 4.98 Å². The van der Waals surface area contributed by atoms with E-state index in [1.165, 1.54) is 0 Å². The van der Waals surface area contributed by atoms with Crippen molar-refractivity contribution in [2.45, 2.75) is 0 Å². The van der Waals surface area contributed by atoms with Crippen molar-refractivity contribution in [1.29, 1.82) is 0 Å². The number of benzene rings is 1. The van der Waals surface area contributed by atoms with Crippen LogP contribution >= 0.6 is 27.3 Å². The zero-order valence-corrected chi connectivity index (χ0v) is 13.9. The number of halogens is 1. The summed E-state index contributed by atoms with van der Waals surface area (Å²) >= 11 is 5.13. The third-order valence-electron chi connectivity index (χ3n) is 3.61. The van der Waals surface area contributed by atoms with Gasteiger partial charge in [-0.1, -0.05) is 28.1 Å². The minimum absolute atomic E-state index is 0.538. The van der Waals surface area contributed by atoms with Crippen LogP contribution in [0.25, 0.3) is 11.3 Å². The average molecular weight is 366 g/mol. The molecule has 0 saturated carbocycles. The minimum atomic E-state index is 0.538. The normalized spacial score (nSPS) is 16.1. The molecule has 0 spiro atoms. The first-order chi connectivity index (χ1) is 10.3. The molecule has 0 amide bonds. The van der Waals surface area contributed by atoms with Gasteiger partial charge in [-0.05, 0) is 12.1 Å². The Labute approximate surface area is 136 Å². The van der Waals surface area contributed by atoms with Crippen molar-refractivity contribution in [3.05, 3.63) is 34.1 Å². The van der Waals surface area contributed by atoms with Gasteiger partial charge in [0, 0.05) is 41.6 Å². The highest BCUT2D eigenvalue weighted by molar-refractivity contribution is 9.10. The monoisotopic (exact) mass is 365 g/mol. The summed E-state index contributed by atoms with van der Waals surface area (Å²) in [4.78, 5) is 19.8. The highest BCUT2D eigenvalue weighted by Crippen LogP contribution is 2.28. The molecule has 0 unspecified atom stereocenters. The Bertz CT molecular complexity index is 606. The van der Waals surface area contributed by atoms with Crippen LogP contribution in [0.2, 0.25) is 0 Å². The van der Waals surface area contributed by atoms with Gasteiger partial charge in [-0.15, -0.1) is 11.3 Å². The first kappa shape index (κ1) is 14.7. The molecule has 0 bridgehead atoms. The molecule has 1 aromatic heterocycles. The van der Waals surface area contributed by atoms with Crippen LogP contribution in [0, 0.1) is 0 Å². The predicted octanol–water partition coefficient (Wildman–Crippen LogP) is 2.89. The molecule has 1 fully saturated rings. The maximum absolute atomic E-state index is 10.5. The third kappa shape index (κ3) is 3.51. The van der Waals surface area contributed by atoms with Crippen molar-refractivity contribution in [2.24, 2.45) is 0 Å². The second kappa shape index (κ2) is 6.68. The lowest BCUT2D eigenvalue weighted by Gasteiger charge is -2.33. The number of carbonyl (C=O) groups excluding carboxylic acids is 1. The average Bonchev–Trinajstić information content (AvgIpc) is 2.99. The Hall–Kier alpha value is -1.24. The van der Waals surface area contributed by atoms with E-state index in [-0.39, 0.29) is 0 Å². The first-order valence-corrected chi connectivity index (χ1v) is 8.56. The highest BCUT2D eigenvalue weighted by atomic mass is 79.9. The van der Waals surface area contributed by atoms with E-state index in [9.17, 15) is 4.79 Å². The van der Waals surface area contributed by atoms with Crippen LogP contribution in [-0.4, -0.2) is 48.9 Å². The molecule has 0 radical (unpaired) electrons. The summed E-state index contributed by atoms with van der Waals surface area (Å²) in [5.74, 6) is 0. The number of piperazine rings is 1. The summed E-state index contributed by atoms with van der Waals surface area (Å²) in [7, 11) is 0. The van der Waals surface area contributed by atoms with E-state index in [4.69, 9.17) is 4.98 Å². The smallest absolute Gasteiger partial charge is 0.185 e. The fourth-order valence-electron chi connectivity index (χ4n) is 2.39. The number of carbonyl (C=O) groups is 1. The van der Waals surface area contributed by atoms with Crippen molar-refractivity contribution < 1.29 is 4.79 Å². The van der Waals surface area contributed by atoms with E-state index in [2.05, 4.69) is 43.2 Å². The Kier molecular flexibility index (Phi) is 4.67.